The van der Waals surface area contributed by atoms with E-state index in [1.807, 2.05) is 6.07 Å². The van der Waals surface area contributed by atoms with E-state index in [1.54, 1.807) is 13.8 Å². The molecule has 142 valence electrons. The van der Waals surface area contributed by atoms with Gasteiger partial charge in [0.15, 0.2) is 17.2 Å². The maximum Gasteiger partial charge on any atom is 0.357 e. The van der Waals surface area contributed by atoms with E-state index in [-0.39, 0.29) is 33.9 Å². The Morgan fingerprint density at radius 1 is 1.22 bits per heavy atom. The number of methoxy groups -OCH3 is 1. The van der Waals surface area contributed by atoms with Gasteiger partial charge < -0.3 is 29.6 Å². The molecule has 2 aromatic rings. The van der Waals surface area contributed by atoms with E-state index in [4.69, 9.17) is 19.9 Å². The van der Waals surface area contributed by atoms with Gasteiger partial charge in [0.25, 0.3) is 0 Å². The first-order valence-electron chi connectivity index (χ1n) is 8.06. The third-order valence-electron chi connectivity index (χ3n) is 3.70. The lowest BCUT2D eigenvalue weighted by atomic mass is 10.1. The molecule has 9 heteroatoms. The van der Waals surface area contributed by atoms with Gasteiger partial charge in [-0.25, -0.2) is 9.59 Å². The molecule has 9 nitrogen and oxygen atoms in total. The molecule has 0 spiro atoms. The van der Waals surface area contributed by atoms with Crippen LogP contribution in [0.3, 0.4) is 0 Å². The van der Waals surface area contributed by atoms with E-state index in [0.717, 1.165) is 7.11 Å². The van der Waals surface area contributed by atoms with E-state index < -0.39 is 11.9 Å². The third-order valence-corrected chi connectivity index (χ3v) is 3.70. The number of nitrogen functional groups attached to an aromatic ring is 1. The average molecular weight is 373 g/mol. The number of hydrogen-bond acceptors (Lipinski definition) is 7. The average Bonchev–Trinajstić information content (AvgIpc) is 2.98. The number of carboxylic acid groups (broad SMARTS) is 1. The van der Waals surface area contributed by atoms with Crippen molar-refractivity contribution >= 4 is 17.6 Å². The number of anilines is 1. The summed E-state index contributed by atoms with van der Waals surface area (Å²) in [6.45, 7) is 4.14. The summed E-state index contributed by atoms with van der Waals surface area (Å²) in [5, 5.41) is 18.9. The monoisotopic (exact) mass is 373 g/mol. The second-order valence-corrected chi connectivity index (χ2v) is 5.27. The smallest absolute Gasteiger partial charge is 0.357 e. The predicted octanol–water partition coefficient (Wildman–Crippen LogP) is 2.21. The van der Waals surface area contributed by atoms with Gasteiger partial charge in [-0.3, -0.25) is 0 Å². The number of nitrogens with two attached hydrogens (primary N) is 1. The number of nitriles is 1. The Hall–Kier alpha value is -3.67. The van der Waals surface area contributed by atoms with Gasteiger partial charge in [0.2, 0.25) is 0 Å². The van der Waals surface area contributed by atoms with Crippen molar-refractivity contribution in [2.75, 3.05) is 26.1 Å². The molecule has 1 aromatic carbocycles. The summed E-state index contributed by atoms with van der Waals surface area (Å²) in [5.74, 6) is -1.52. The van der Waals surface area contributed by atoms with Crippen molar-refractivity contribution in [3.8, 4) is 23.3 Å². The molecule has 0 fully saturated rings. The van der Waals surface area contributed by atoms with Crippen LogP contribution >= 0.6 is 0 Å². The van der Waals surface area contributed by atoms with Gasteiger partial charge in [-0.05, 0) is 13.8 Å². The second-order valence-electron chi connectivity index (χ2n) is 5.27. The largest absolute Gasteiger partial charge is 0.490 e. The fraction of sp³-hybridized carbons (Fsp3) is 0.278. The molecular weight excluding hydrogens is 354 g/mol. The highest BCUT2D eigenvalue weighted by Gasteiger charge is 2.26. The van der Waals surface area contributed by atoms with Crippen LogP contribution in [0, 0.1) is 11.3 Å². The van der Waals surface area contributed by atoms with Crippen LogP contribution in [0.15, 0.2) is 18.3 Å². The van der Waals surface area contributed by atoms with Crippen LogP contribution in [0.5, 0.6) is 11.5 Å². The molecule has 0 aliphatic carbocycles. The topological polar surface area (TPSA) is 137 Å². The Labute approximate surface area is 155 Å². The molecule has 1 heterocycles. The van der Waals surface area contributed by atoms with Crippen LogP contribution in [-0.4, -0.2) is 41.9 Å². The fourth-order valence-corrected chi connectivity index (χ4v) is 2.56. The normalized spacial score (nSPS) is 10.1. The van der Waals surface area contributed by atoms with Crippen molar-refractivity contribution in [1.29, 1.82) is 5.26 Å². The summed E-state index contributed by atoms with van der Waals surface area (Å²) in [5.41, 5.74) is 5.57. The zero-order valence-corrected chi connectivity index (χ0v) is 15.1. The van der Waals surface area contributed by atoms with Gasteiger partial charge in [0, 0.05) is 18.3 Å². The number of rotatable bonds is 7. The van der Waals surface area contributed by atoms with Crippen molar-refractivity contribution in [1.82, 2.24) is 4.57 Å². The highest BCUT2D eigenvalue weighted by atomic mass is 16.5. The predicted molar refractivity (Wildman–Crippen MR) is 95.5 cm³/mol. The minimum atomic E-state index is -1.25. The molecule has 0 aliphatic rings. The molecule has 27 heavy (non-hydrogen) atoms. The molecule has 0 amide bonds. The molecule has 0 radical (unpaired) electrons. The Morgan fingerprint density at radius 3 is 2.30 bits per heavy atom. The Bertz CT molecular complexity index is 926. The summed E-state index contributed by atoms with van der Waals surface area (Å²) in [4.78, 5) is 24.0. The van der Waals surface area contributed by atoms with Gasteiger partial charge >= 0.3 is 11.9 Å². The van der Waals surface area contributed by atoms with Gasteiger partial charge in [0.05, 0.1) is 42.8 Å². The van der Waals surface area contributed by atoms with E-state index in [2.05, 4.69) is 0 Å². The third kappa shape index (κ3) is 3.64. The zero-order chi connectivity index (χ0) is 20.1. The number of hydrogen-bond donors (Lipinski definition) is 2. The van der Waals surface area contributed by atoms with E-state index in [1.165, 1.54) is 22.9 Å². The Morgan fingerprint density at radius 2 is 1.81 bits per heavy atom. The maximum absolute atomic E-state index is 12.2. The molecule has 0 atom stereocenters. The first-order chi connectivity index (χ1) is 12.9. The lowest BCUT2D eigenvalue weighted by Gasteiger charge is -2.17. The maximum atomic E-state index is 12.2. The molecule has 1 aromatic heterocycles. The van der Waals surface area contributed by atoms with Crippen molar-refractivity contribution in [2.24, 2.45) is 0 Å². The van der Waals surface area contributed by atoms with Crippen molar-refractivity contribution in [2.45, 2.75) is 13.8 Å². The number of benzene rings is 1. The number of carbonyl (C=O) groups is 2. The number of esters is 1. The van der Waals surface area contributed by atoms with Crippen LogP contribution in [-0.2, 0) is 4.74 Å². The minimum Gasteiger partial charge on any atom is -0.490 e. The molecule has 2 rings (SSSR count). The van der Waals surface area contributed by atoms with E-state index in [9.17, 15) is 20.0 Å². The number of ether oxygens (including phenoxy) is 3. The van der Waals surface area contributed by atoms with Gasteiger partial charge in [0.1, 0.15) is 6.07 Å². The highest BCUT2D eigenvalue weighted by Crippen LogP contribution is 2.35. The van der Waals surface area contributed by atoms with Crippen molar-refractivity contribution in [3.63, 3.8) is 0 Å². The lowest BCUT2D eigenvalue weighted by Crippen LogP contribution is -2.14. The molecular formula is C18H19N3O6. The SMILES string of the molecule is CCOc1cc(C(=O)O)c(-n2cc(C#N)c(N)c2C(=O)OC)cc1OCC. The summed E-state index contributed by atoms with van der Waals surface area (Å²) in [6, 6.07) is 4.59. The summed E-state index contributed by atoms with van der Waals surface area (Å²) in [6.07, 6.45) is 1.28. The van der Waals surface area contributed by atoms with Crippen molar-refractivity contribution < 1.29 is 28.9 Å². The fourth-order valence-electron chi connectivity index (χ4n) is 2.56. The van der Waals surface area contributed by atoms with Crippen LogP contribution in [0.1, 0.15) is 40.3 Å². The molecule has 0 saturated heterocycles. The number of aromatic nitrogens is 1. The summed E-state index contributed by atoms with van der Waals surface area (Å²) < 4.78 is 16.9. The van der Waals surface area contributed by atoms with Crippen LogP contribution in [0.4, 0.5) is 5.69 Å². The molecule has 0 unspecified atom stereocenters. The first-order valence-corrected chi connectivity index (χ1v) is 8.06. The van der Waals surface area contributed by atoms with Crippen LogP contribution in [0.25, 0.3) is 5.69 Å². The van der Waals surface area contributed by atoms with Gasteiger partial charge in [-0.15, -0.1) is 0 Å². The minimum absolute atomic E-state index is 0.0126. The standard InChI is InChI=1S/C18H19N3O6/c1-4-26-13-6-11(17(22)23)12(7-14(13)27-5-2)21-9-10(8-19)15(20)16(21)18(24)25-3/h6-7,9H,4-5,20H2,1-3H3,(H,22,23). The number of nitrogens with zero attached hydrogens (tertiary/aromatic N) is 2. The van der Waals surface area contributed by atoms with Crippen molar-refractivity contribution in [3.05, 3.63) is 35.2 Å². The number of carbonyl (C=O) groups excluding carboxylic acids is 1. The molecule has 0 bridgehead atoms. The van der Waals surface area contributed by atoms with E-state index >= 15 is 0 Å². The zero-order valence-electron chi connectivity index (χ0n) is 15.1. The summed E-state index contributed by atoms with van der Waals surface area (Å²) >= 11 is 0. The Kier molecular flexibility index (Phi) is 5.92. The molecule has 0 saturated carbocycles. The van der Waals surface area contributed by atoms with Gasteiger partial charge in [-0.2, -0.15) is 5.26 Å². The number of carboxylic acids is 1. The molecule has 3 N–H and O–H groups in total. The first kappa shape index (κ1) is 19.7. The Balaban J connectivity index is 2.85. The molecule has 0 aliphatic heterocycles. The van der Waals surface area contributed by atoms with Crippen LogP contribution < -0.4 is 15.2 Å². The van der Waals surface area contributed by atoms with Gasteiger partial charge in [-0.1, -0.05) is 0 Å². The summed E-state index contributed by atoms with van der Waals surface area (Å²) in [7, 11) is 1.16. The lowest BCUT2D eigenvalue weighted by molar-refractivity contribution is 0.0590. The second kappa shape index (κ2) is 8.14. The number of aromatic carboxylic acids is 1. The van der Waals surface area contributed by atoms with E-state index in [0.29, 0.717) is 19.0 Å². The quantitative estimate of drug-likeness (QED) is 0.705. The van der Waals surface area contributed by atoms with Crippen LogP contribution in [0.2, 0.25) is 0 Å². The highest BCUT2D eigenvalue weighted by molar-refractivity contribution is 5.98.